The van der Waals surface area contributed by atoms with Crippen LogP contribution in [0.2, 0.25) is 0 Å². The van der Waals surface area contributed by atoms with Gasteiger partial charge in [-0.1, -0.05) is 45.8 Å². The first-order chi connectivity index (χ1) is 12.5. The van der Waals surface area contributed by atoms with Crippen molar-refractivity contribution in [3.63, 3.8) is 0 Å². The number of imide groups is 1. The van der Waals surface area contributed by atoms with Gasteiger partial charge in [0.1, 0.15) is 5.70 Å². The Balaban J connectivity index is 1.59. The molecular formula is C19H15BrN2O4. The molecule has 0 aromatic heterocycles. The first kappa shape index (κ1) is 16.7. The molecule has 1 saturated heterocycles. The Kier molecular flexibility index (Phi) is 4.16. The van der Waals surface area contributed by atoms with Crippen LogP contribution in [0.4, 0.5) is 4.79 Å². The number of ether oxygens (including phenoxy) is 2. The van der Waals surface area contributed by atoms with Crippen molar-refractivity contribution in [3.05, 3.63) is 63.3 Å². The zero-order valence-corrected chi connectivity index (χ0v) is 15.5. The largest absolute Gasteiger partial charge is 0.454 e. The maximum absolute atomic E-state index is 12.6. The number of aryl methyl sites for hydroxylation is 1. The number of carbonyl (C=O) groups excluding carboxylic acids is 2. The molecule has 26 heavy (non-hydrogen) atoms. The highest BCUT2D eigenvalue weighted by Crippen LogP contribution is 2.37. The summed E-state index contributed by atoms with van der Waals surface area (Å²) in [6.45, 7) is 2.38. The normalized spacial score (nSPS) is 17.2. The first-order valence-corrected chi connectivity index (χ1v) is 8.80. The van der Waals surface area contributed by atoms with Crippen molar-refractivity contribution >= 4 is 33.9 Å². The summed E-state index contributed by atoms with van der Waals surface area (Å²) in [5.41, 5.74) is 2.96. The van der Waals surface area contributed by atoms with Crippen LogP contribution in [0, 0.1) is 6.92 Å². The van der Waals surface area contributed by atoms with E-state index in [1.54, 1.807) is 18.2 Å². The lowest BCUT2D eigenvalue weighted by atomic mass is 10.1. The van der Waals surface area contributed by atoms with Gasteiger partial charge in [0.15, 0.2) is 11.5 Å². The molecule has 2 aliphatic rings. The van der Waals surface area contributed by atoms with Gasteiger partial charge >= 0.3 is 6.03 Å². The van der Waals surface area contributed by atoms with Crippen LogP contribution in [0.5, 0.6) is 11.5 Å². The fourth-order valence-electron chi connectivity index (χ4n) is 2.79. The fourth-order valence-corrected chi connectivity index (χ4v) is 3.23. The van der Waals surface area contributed by atoms with Gasteiger partial charge in [0.05, 0.1) is 6.54 Å². The zero-order valence-electron chi connectivity index (χ0n) is 13.9. The summed E-state index contributed by atoms with van der Waals surface area (Å²) in [5, 5.41) is 2.63. The van der Waals surface area contributed by atoms with E-state index in [-0.39, 0.29) is 24.9 Å². The minimum atomic E-state index is -0.432. The van der Waals surface area contributed by atoms with E-state index >= 15 is 0 Å². The van der Waals surface area contributed by atoms with Crippen LogP contribution >= 0.6 is 15.9 Å². The number of nitrogens with zero attached hydrogens (tertiary/aromatic N) is 1. The lowest BCUT2D eigenvalue weighted by Gasteiger charge is -2.11. The molecule has 4 rings (SSSR count). The maximum atomic E-state index is 12.6. The van der Waals surface area contributed by atoms with E-state index in [0.29, 0.717) is 11.5 Å². The molecule has 132 valence electrons. The molecule has 2 heterocycles. The average Bonchev–Trinajstić information content (AvgIpc) is 3.16. The van der Waals surface area contributed by atoms with Crippen LogP contribution < -0.4 is 14.8 Å². The average molecular weight is 415 g/mol. The van der Waals surface area contributed by atoms with E-state index in [0.717, 1.165) is 21.2 Å². The van der Waals surface area contributed by atoms with Gasteiger partial charge < -0.3 is 14.8 Å². The highest BCUT2D eigenvalue weighted by atomic mass is 79.9. The van der Waals surface area contributed by atoms with Crippen LogP contribution in [-0.4, -0.2) is 23.6 Å². The van der Waals surface area contributed by atoms with Crippen molar-refractivity contribution in [3.8, 4) is 11.5 Å². The predicted octanol–water partition coefficient (Wildman–Crippen LogP) is 3.58. The molecule has 0 unspecified atom stereocenters. The number of halogens is 1. The van der Waals surface area contributed by atoms with Gasteiger partial charge in [-0.2, -0.15) is 0 Å². The van der Waals surface area contributed by atoms with Crippen molar-refractivity contribution in [1.82, 2.24) is 10.2 Å². The Labute approximate surface area is 158 Å². The van der Waals surface area contributed by atoms with Gasteiger partial charge in [0.25, 0.3) is 5.91 Å². The van der Waals surface area contributed by atoms with Gasteiger partial charge in [0.2, 0.25) is 6.79 Å². The lowest BCUT2D eigenvalue weighted by Crippen LogP contribution is -2.30. The molecule has 0 saturated carbocycles. The van der Waals surface area contributed by atoms with Crippen LogP contribution in [0.25, 0.3) is 6.08 Å². The molecule has 1 N–H and O–H groups in total. The second-order valence-corrected chi connectivity index (χ2v) is 6.95. The molecule has 7 heteroatoms. The summed E-state index contributed by atoms with van der Waals surface area (Å²) in [4.78, 5) is 26.1. The van der Waals surface area contributed by atoms with Crippen molar-refractivity contribution in [1.29, 1.82) is 0 Å². The first-order valence-electron chi connectivity index (χ1n) is 8.00. The standard InChI is InChI=1S/C19H15BrN2O4/c1-11-2-4-12(5-3-11)9-22-18(23)15(21-19(22)24)6-13-7-16-17(8-14(13)20)26-10-25-16/h2-8H,9-10H2,1H3,(H,21,24)/b15-6-. The van der Waals surface area contributed by atoms with Crippen LogP contribution in [-0.2, 0) is 11.3 Å². The molecule has 2 aliphatic heterocycles. The Hall–Kier alpha value is -2.80. The number of amides is 3. The van der Waals surface area contributed by atoms with E-state index in [4.69, 9.17) is 9.47 Å². The van der Waals surface area contributed by atoms with Gasteiger partial charge in [0, 0.05) is 4.47 Å². The van der Waals surface area contributed by atoms with Crippen molar-refractivity contribution < 1.29 is 19.1 Å². The molecule has 3 amide bonds. The summed E-state index contributed by atoms with van der Waals surface area (Å²) in [7, 11) is 0. The second kappa shape index (κ2) is 6.49. The minimum absolute atomic E-state index is 0.168. The van der Waals surface area contributed by atoms with E-state index in [1.807, 2.05) is 31.2 Å². The quantitative estimate of drug-likeness (QED) is 0.615. The number of fused-ring (bicyclic) bond motifs is 1. The van der Waals surface area contributed by atoms with Gasteiger partial charge in [-0.3, -0.25) is 9.69 Å². The number of urea groups is 1. The molecular weight excluding hydrogens is 400 g/mol. The summed E-state index contributed by atoms with van der Waals surface area (Å²) in [5.74, 6) is 0.885. The molecule has 1 fully saturated rings. The predicted molar refractivity (Wildman–Crippen MR) is 98.5 cm³/mol. The summed E-state index contributed by atoms with van der Waals surface area (Å²) >= 11 is 3.45. The number of hydrogen-bond acceptors (Lipinski definition) is 4. The Bertz CT molecular complexity index is 937. The van der Waals surface area contributed by atoms with Crippen LogP contribution in [0.15, 0.2) is 46.6 Å². The summed E-state index contributed by atoms with van der Waals surface area (Å²) < 4.78 is 11.4. The van der Waals surface area contributed by atoms with E-state index in [1.165, 1.54) is 4.90 Å². The number of benzene rings is 2. The van der Waals surface area contributed by atoms with Gasteiger partial charge in [-0.05, 0) is 36.3 Å². The minimum Gasteiger partial charge on any atom is -0.454 e. The third-order valence-corrected chi connectivity index (χ3v) is 4.90. The highest BCUT2D eigenvalue weighted by Gasteiger charge is 2.33. The third kappa shape index (κ3) is 3.06. The molecule has 0 radical (unpaired) electrons. The molecule has 0 aliphatic carbocycles. The topological polar surface area (TPSA) is 67.9 Å². The monoisotopic (exact) mass is 414 g/mol. The molecule has 0 spiro atoms. The summed E-state index contributed by atoms with van der Waals surface area (Å²) in [6.07, 6.45) is 1.63. The highest BCUT2D eigenvalue weighted by molar-refractivity contribution is 9.10. The van der Waals surface area contributed by atoms with Crippen LogP contribution in [0.1, 0.15) is 16.7 Å². The summed E-state index contributed by atoms with van der Waals surface area (Å²) in [6, 6.07) is 10.8. The van der Waals surface area contributed by atoms with Crippen molar-refractivity contribution in [2.75, 3.05) is 6.79 Å². The maximum Gasteiger partial charge on any atom is 0.329 e. The molecule has 0 bridgehead atoms. The molecule has 6 nitrogen and oxygen atoms in total. The van der Waals surface area contributed by atoms with Crippen LogP contribution in [0.3, 0.4) is 0 Å². The Morgan fingerprint density at radius 2 is 1.85 bits per heavy atom. The van der Waals surface area contributed by atoms with Gasteiger partial charge in [-0.25, -0.2) is 4.79 Å². The van der Waals surface area contributed by atoms with Gasteiger partial charge in [-0.15, -0.1) is 0 Å². The van der Waals surface area contributed by atoms with E-state index in [9.17, 15) is 9.59 Å². The number of nitrogens with one attached hydrogen (secondary N) is 1. The number of rotatable bonds is 3. The molecule has 2 aromatic rings. The Morgan fingerprint density at radius 1 is 1.15 bits per heavy atom. The fraction of sp³-hybridized carbons (Fsp3) is 0.158. The lowest BCUT2D eigenvalue weighted by molar-refractivity contribution is -0.123. The van der Waals surface area contributed by atoms with Crippen molar-refractivity contribution in [2.24, 2.45) is 0 Å². The molecule has 2 aromatic carbocycles. The third-order valence-electron chi connectivity index (χ3n) is 4.22. The smallest absolute Gasteiger partial charge is 0.329 e. The van der Waals surface area contributed by atoms with E-state index in [2.05, 4.69) is 21.2 Å². The Morgan fingerprint density at radius 3 is 2.58 bits per heavy atom. The molecule has 0 atom stereocenters. The number of carbonyl (C=O) groups is 2. The SMILES string of the molecule is Cc1ccc(CN2C(=O)N/C(=C\c3cc4c(cc3Br)OCO4)C2=O)cc1. The van der Waals surface area contributed by atoms with Crippen molar-refractivity contribution in [2.45, 2.75) is 13.5 Å². The van der Waals surface area contributed by atoms with E-state index < -0.39 is 6.03 Å². The zero-order chi connectivity index (χ0) is 18.3. The second-order valence-electron chi connectivity index (χ2n) is 6.09. The number of hydrogen-bond donors (Lipinski definition) is 1.